The lowest BCUT2D eigenvalue weighted by atomic mass is 9.91. The molecule has 1 rings (SSSR count). The van der Waals surface area contributed by atoms with Crippen LogP contribution in [0.25, 0.3) is 0 Å². The zero-order valence-electron chi connectivity index (χ0n) is 17.2. The van der Waals surface area contributed by atoms with Gasteiger partial charge in [-0.15, -0.1) is 0 Å². The van der Waals surface area contributed by atoms with Crippen LogP contribution in [0.15, 0.2) is 0 Å². The van der Waals surface area contributed by atoms with Gasteiger partial charge in [-0.2, -0.15) is 0 Å². The van der Waals surface area contributed by atoms with Crippen LogP contribution in [0.1, 0.15) is 61.3 Å². The van der Waals surface area contributed by atoms with Gasteiger partial charge in [-0.25, -0.2) is 0 Å². The highest BCUT2D eigenvalue weighted by molar-refractivity contribution is 5.45. The molecule has 24 heavy (non-hydrogen) atoms. The minimum Gasteiger partial charge on any atom is -0.380 e. The first-order chi connectivity index (χ1) is 11.5. The third kappa shape index (κ3) is 16.2. The predicted molar refractivity (Wildman–Crippen MR) is 102 cm³/mol. The summed E-state index contributed by atoms with van der Waals surface area (Å²) in [5, 5.41) is 2.67. The van der Waals surface area contributed by atoms with Crippen molar-refractivity contribution in [2.45, 2.75) is 67.4 Å². The first-order valence-electron chi connectivity index (χ1n) is 9.60. The van der Waals surface area contributed by atoms with Crippen LogP contribution in [-0.4, -0.2) is 63.4 Å². The molecule has 1 saturated heterocycles. The molecule has 1 unspecified atom stereocenters. The fourth-order valence-electron chi connectivity index (χ4n) is 2.29. The molecule has 1 amide bonds. The van der Waals surface area contributed by atoms with Crippen molar-refractivity contribution in [1.82, 2.24) is 10.2 Å². The van der Waals surface area contributed by atoms with E-state index in [1.807, 2.05) is 27.7 Å². The second-order valence-corrected chi connectivity index (χ2v) is 6.60. The molecular formula is C19H42N2O3. The molecule has 0 aromatic rings. The Morgan fingerprint density at radius 3 is 2.46 bits per heavy atom. The summed E-state index contributed by atoms with van der Waals surface area (Å²) in [6, 6.07) is 0. The number of carbonyl (C=O) groups is 1. The molecule has 0 radical (unpaired) electrons. The van der Waals surface area contributed by atoms with Crippen LogP contribution in [0.2, 0.25) is 0 Å². The van der Waals surface area contributed by atoms with E-state index in [-0.39, 0.29) is 6.10 Å². The summed E-state index contributed by atoms with van der Waals surface area (Å²) in [6.45, 7) is 20.5. The maximum atomic E-state index is 10.3. The first kappa shape index (κ1) is 25.6. The van der Waals surface area contributed by atoms with E-state index in [1.54, 1.807) is 0 Å². The minimum atomic E-state index is 0.106. The first-order valence-corrected chi connectivity index (χ1v) is 9.60. The average Bonchev–Trinajstić information content (AvgIpc) is 2.59. The Morgan fingerprint density at radius 2 is 1.88 bits per heavy atom. The minimum absolute atomic E-state index is 0.106. The van der Waals surface area contributed by atoms with Crippen molar-refractivity contribution in [3.05, 3.63) is 0 Å². The molecule has 0 bridgehead atoms. The highest BCUT2D eigenvalue weighted by atomic mass is 16.5. The van der Waals surface area contributed by atoms with Gasteiger partial charge in [0.15, 0.2) is 0 Å². The van der Waals surface area contributed by atoms with E-state index >= 15 is 0 Å². The highest BCUT2D eigenvalue weighted by Gasteiger charge is 2.19. The monoisotopic (exact) mass is 346 g/mol. The Bertz CT molecular complexity index is 268. The maximum Gasteiger partial charge on any atom is 0.207 e. The van der Waals surface area contributed by atoms with E-state index in [2.05, 4.69) is 31.0 Å². The molecule has 1 N–H and O–H groups in total. The van der Waals surface area contributed by atoms with Crippen molar-refractivity contribution >= 4 is 6.41 Å². The van der Waals surface area contributed by atoms with Crippen molar-refractivity contribution in [3.8, 4) is 0 Å². The van der Waals surface area contributed by atoms with Gasteiger partial charge in [-0.3, -0.25) is 9.69 Å². The second-order valence-electron chi connectivity index (χ2n) is 6.60. The molecule has 0 aromatic heterocycles. The lowest BCUT2D eigenvalue weighted by molar-refractivity contribution is -0.110. The molecule has 1 heterocycles. The number of hydrogen-bond acceptors (Lipinski definition) is 4. The number of rotatable bonds is 9. The molecule has 0 aliphatic carbocycles. The summed E-state index contributed by atoms with van der Waals surface area (Å²) in [5.74, 6) is 0. The van der Waals surface area contributed by atoms with Crippen LogP contribution < -0.4 is 5.32 Å². The molecule has 1 atom stereocenters. The Morgan fingerprint density at radius 1 is 1.21 bits per heavy atom. The predicted octanol–water partition coefficient (Wildman–Crippen LogP) is 3.33. The van der Waals surface area contributed by atoms with Crippen molar-refractivity contribution in [2.24, 2.45) is 5.41 Å². The van der Waals surface area contributed by atoms with Gasteiger partial charge in [0.05, 0.1) is 19.3 Å². The van der Waals surface area contributed by atoms with Gasteiger partial charge in [-0.1, -0.05) is 48.5 Å². The van der Waals surface area contributed by atoms with Crippen molar-refractivity contribution in [3.63, 3.8) is 0 Å². The molecule has 1 aliphatic rings. The molecule has 0 saturated carbocycles. The van der Waals surface area contributed by atoms with E-state index in [1.165, 1.54) is 6.42 Å². The second kappa shape index (κ2) is 17.2. The molecule has 0 aromatic carbocycles. The van der Waals surface area contributed by atoms with Crippen molar-refractivity contribution in [2.75, 3.05) is 46.0 Å². The van der Waals surface area contributed by atoms with Gasteiger partial charge in [-0.05, 0) is 18.3 Å². The summed E-state index contributed by atoms with van der Waals surface area (Å²) in [7, 11) is 0. The zero-order valence-corrected chi connectivity index (χ0v) is 17.2. The summed E-state index contributed by atoms with van der Waals surface area (Å²) in [4.78, 5) is 12.6. The molecular weight excluding hydrogens is 304 g/mol. The van der Waals surface area contributed by atoms with Gasteiger partial charge in [0.1, 0.15) is 0 Å². The third-order valence-electron chi connectivity index (χ3n) is 3.42. The number of amides is 1. The SMILES string of the molecule is CC.CC.CC(C)(C)CCCOCCN1CCOC(CNC=O)C1. The lowest BCUT2D eigenvalue weighted by Gasteiger charge is -2.32. The van der Waals surface area contributed by atoms with Gasteiger partial charge in [0.2, 0.25) is 6.41 Å². The van der Waals surface area contributed by atoms with Crippen LogP contribution in [0, 0.1) is 5.41 Å². The Hall–Kier alpha value is -0.650. The number of nitrogens with one attached hydrogen (secondary N) is 1. The van der Waals surface area contributed by atoms with Crippen molar-refractivity contribution < 1.29 is 14.3 Å². The van der Waals surface area contributed by atoms with E-state index in [9.17, 15) is 4.79 Å². The molecule has 5 heteroatoms. The molecule has 1 fully saturated rings. The number of ether oxygens (including phenoxy) is 2. The van der Waals surface area contributed by atoms with Crippen LogP contribution in [0.4, 0.5) is 0 Å². The average molecular weight is 347 g/mol. The van der Waals surface area contributed by atoms with Crippen LogP contribution in [0.3, 0.4) is 0 Å². The van der Waals surface area contributed by atoms with E-state index in [4.69, 9.17) is 9.47 Å². The third-order valence-corrected chi connectivity index (χ3v) is 3.42. The number of nitrogens with zero attached hydrogens (tertiary/aromatic N) is 1. The van der Waals surface area contributed by atoms with Gasteiger partial charge in [0, 0.05) is 32.8 Å². The Balaban J connectivity index is 0. The highest BCUT2D eigenvalue weighted by Crippen LogP contribution is 2.20. The number of carbonyl (C=O) groups excluding carboxylic acids is 1. The van der Waals surface area contributed by atoms with E-state index < -0.39 is 0 Å². The quantitative estimate of drug-likeness (QED) is 0.514. The normalized spacial score (nSPS) is 17.9. The molecule has 146 valence electrons. The topological polar surface area (TPSA) is 50.8 Å². The molecule has 1 aliphatic heterocycles. The van der Waals surface area contributed by atoms with Gasteiger partial charge >= 0.3 is 0 Å². The fraction of sp³-hybridized carbons (Fsp3) is 0.947. The van der Waals surface area contributed by atoms with Crippen LogP contribution in [-0.2, 0) is 14.3 Å². The largest absolute Gasteiger partial charge is 0.380 e. The van der Waals surface area contributed by atoms with Crippen LogP contribution in [0.5, 0.6) is 0 Å². The maximum absolute atomic E-state index is 10.3. The van der Waals surface area contributed by atoms with E-state index in [0.29, 0.717) is 12.0 Å². The Kier molecular flexibility index (Phi) is 18.3. The smallest absolute Gasteiger partial charge is 0.207 e. The molecule has 0 spiro atoms. The molecule has 5 nitrogen and oxygen atoms in total. The number of hydrogen-bond donors (Lipinski definition) is 1. The van der Waals surface area contributed by atoms with Crippen molar-refractivity contribution in [1.29, 1.82) is 0 Å². The van der Waals surface area contributed by atoms with Crippen LogP contribution >= 0.6 is 0 Å². The Labute approximate surface area is 150 Å². The fourth-order valence-corrected chi connectivity index (χ4v) is 2.29. The summed E-state index contributed by atoms with van der Waals surface area (Å²) < 4.78 is 11.3. The van der Waals surface area contributed by atoms with Gasteiger partial charge < -0.3 is 14.8 Å². The summed E-state index contributed by atoms with van der Waals surface area (Å²) in [5.41, 5.74) is 0.395. The standard InChI is InChI=1S/C15H30N2O3.2C2H6/c1-15(2,3)5-4-8-19-9-6-17-7-10-20-14(12-17)11-16-13-18;2*1-2/h13-14H,4-12H2,1-3H3,(H,16,18);2*1-2H3. The summed E-state index contributed by atoms with van der Waals surface area (Å²) in [6.07, 6.45) is 3.15. The van der Waals surface area contributed by atoms with Gasteiger partial charge in [0.25, 0.3) is 0 Å². The number of morpholine rings is 1. The summed E-state index contributed by atoms with van der Waals surface area (Å²) >= 11 is 0. The van der Waals surface area contributed by atoms with E-state index in [0.717, 1.165) is 52.3 Å². The zero-order chi connectivity index (χ0) is 18.8. The lowest BCUT2D eigenvalue weighted by Crippen LogP contribution is -2.47.